The van der Waals surface area contributed by atoms with E-state index in [9.17, 15) is 4.79 Å². The number of rotatable bonds is 5. The molecular weight excluding hydrogens is 446 g/mol. The number of H-pyrrole nitrogens is 1. The van der Waals surface area contributed by atoms with Crippen molar-refractivity contribution in [1.82, 2.24) is 19.8 Å². The lowest BCUT2D eigenvalue weighted by Gasteiger charge is -2.39. The maximum atomic E-state index is 13.6. The van der Waals surface area contributed by atoms with Crippen molar-refractivity contribution in [2.24, 2.45) is 0 Å². The molecule has 0 aliphatic carbocycles. The number of nitrogens with zero attached hydrogens (tertiary/aromatic N) is 4. The molecule has 0 bridgehead atoms. The highest BCUT2D eigenvalue weighted by molar-refractivity contribution is 6.08. The number of amides is 1. The highest BCUT2D eigenvalue weighted by Gasteiger charge is 2.29. The molecular formula is C30H27N5O. The van der Waals surface area contributed by atoms with Crippen LogP contribution in [0.3, 0.4) is 0 Å². The van der Waals surface area contributed by atoms with Crippen LogP contribution in [-0.2, 0) is 6.42 Å². The fraction of sp³-hybridized carbons (Fsp3) is 0.233. The lowest BCUT2D eigenvalue weighted by molar-refractivity contribution is 0.0564. The van der Waals surface area contributed by atoms with E-state index in [0.29, 0.717) is 18.7 Å². The molecule has 2 heterocycles. The second-order valence-electron chi connectivity index (χ2n) is 8.95. The number of aromatic nitrogens is 2. The molecule has 1 unspecified atom stereocenters. The van der Waals surface area contributed by atoms with Crippen LogP contribution in [0.4, 0.5) is 0 Å². The van der Waals surface area contributed by atoms with Gasteiger partial charge < -0.3 is 9.88 Å². The summed E-state index contributed by atoms with van der Waals surface area (Å²) in [7, 11) is 0. The Morgan fingerprint density at radius 2 is 1.78 bits per heavy atom. The third kappa shape index (κ3) is 4.73. The van der Waals surface area contributed by atoms with E-state index in [2.05, 4.69) is 32.8 Å². The molecule has 1 N–H and O–H groups in total. The molecule has 36 heavy (non-hydrogen) atoms. The summed E-state index contributed by atoms with van der Waals surface area (Å²) in [5, 5.41) is 11.1. The van der Waals surface area contributed by atoms with Gasteiger partial charge in [0.1, 0.15) is 0 Å². The summed E-state index contributed by atoms with van der Waals surface area (Å²) in [5.74, 6) is 6.18. The quantitative estimate of drug-likeness (QED) is 0.432. The summed E-state index contributed by atoms with van der Waals surface area (Å²) in [6.45, 7) is 4.67. The minimum absolute atomic E-state index is 0.0621. The molecule has 4 aromatic rings. The number of nitriles is 1. The molecule has 1 aliphatic rings. The normalized spacial score (nSPS) is 14.6. The Hall–Kier alpha value is -4.39. The van der Waals surface area contributed by atoms with Crippen LogP contribution in [0.5, 0.6) is 0 Å². The number of imidazole rings is 1. The fourth-order valence-corrected chi connectivity index (χ4v) is 4.97. The Bertz CT molecular complexity index is 1460. The number of carbonyl (C=O) groups excluding carboxylic acids is 1. The zero-order valence-corrected chi connectivity index (χ0v) is 20.2. The lowest BCUT2D eigenvalue weighted by atomic mass is 9.98. The van der Waals surface area contributed by atoms with Gasteiger partial charge in [0.2, 0.25) is 0 Å². The zero-order chi connectivity index (χ0) is 24.9. The molecule has 5 rings (SSSR count). The average Bonchev–Trinajstić information content (AvgIpc) is 3.47. The third-order valence-electron chi connectivity index (χ3n) is 6.84. The van der Waals surface area contributed by atoms with Gasteiger partial charge in [0, 0.05) is 43.5 Å². The Morgan fingerprint density at radius 1 is 1.03 bits per heavy atom. The molecule has 1 saturated heterocycles. The summed E-state index contributed by atoms with van der Waals surface area (Å²) in [5.41, 5.74) is 4.54. The third-order valence-corrected chi connectivity index (χ3v) is 6.84. The second kappa shape index (κ2) is 10.5. The van der Waals surface area contributed by atoms with Crippen molar-refractivity contribution in [3.05, 3.63) is 101 Å². The van der Waals surface area contributed by atoms with E-state index >= 15 is 0 Å². The Kier molecular flexibility index (Phi) is 6.80. The zero-order valence-electron chi connectivity index (χ0n) is 20.2. The smallest absolute Gasteiger partial charge is 0.254 e. The van der Waals surface area contributed by atoms with Crippen LogP contribution >= 0.6 is 0 Å². The van der Waals surface area contributed by atoms with Crippen molar-refractivity contribution in [2.45, 2.75) is 19.4 Å². The van der Waals surface area contributed by atoms with Gasteiger partial charge in [-0.1, -0.05) is 42.3 Å². The molecule has 0 spiro atoms. The molecule has 0 radical (unpaired) electrons. The van der Waals surface area contributed by atoms with Crippen LogP contribution in [0.15, 0.2) is 73.2 Å². The number of benzene rings is 3. The molecule has 1 atom stereocenters. The van der Waals surface area contributed by atoms with Gasteiger partial charge in [-0.25, -0.2) is 4.98 Å². The van der Waals surface area contributed by atoms with Crippen molar-refractivity contribution in [3.63, 3.8) is 0 Å². The summed E-state index contributed by atoms with van der Waals surface area (Å²) >= 11 is 0. The Morgan fingerprint density at radius 3 is 2.47 bits per heavy atom. The van der Waals surface area contributed by atoms with Crippen molar-refractivity contribution in [1.29, 1.82) is 5.26 Å². The van der Waals surface area contributed by atoms with Crippen LogP contribution in [0.2, 0.25) is 0 Å². The topological polar surface area (TPSA) is 76.0 Å². The van der Waals surface area contributed by atoms with E-state index in [1.807, 2.05) is 78.7 Å². The Labute approximate surface area is 211 Å². The fourth-order valence-electron chi connectivity index (χ4n) is 4.97. The second-order valence-corrected chi connectivity index (χ2v) is 8.95. The highest BCUT2D eigenvalue weighted by atomic mass is 16.2. The van der Waals surface area contributed by atoms with Crippen molar-refractivity contribution in [3.8, 4) is 17.9 Å². The lowest BCUT2D eigenvalue weighted by Crippen LogP contribution is -2.50. The van der Waals surface area contributed by atoms with E-state index in [-0.39, 0.29) is 11.9 Å². The minimum Gasteiger partial charge on any atom is -0.347 e. The monoisotopic (exact) mass is 473 g/mol. The van der Waals surface area contributed by atoms with E-state index in [1.54, 1.807) is 6.33 Å². The predicted octanol–water partition coefficient (Wildman–Crippen LogP) is 4.55. The van der Waals surface area contributed by atoms with Gasteiger partial charge in [-0.15, -0.1) is 5.92 Å². The molecule has 1 amide bonds. The highest BCUT2D eigenvalue weighted by Crippen LogP contribution is 2.27. The standard InChI is InChI=1S/C30H27N5O/c1-2-5-24-6-3-8-26-25(24)7-4-9-27(26)30(36)35-16-14-34(15-17-35)29(28-20-32-21-33-28)18-22-10-12-23(19-31)13-11-22/h3-4,6-13,20-21,29H,14-18H2,1H3,(H,32,33). The van der Waals surface area contributed by atoms with Crippen molar-refractivity contribution in [2.75, 3.05) is 26.2 Å². The van der Waals surface area contributed by atoms with Gasteiger partial charge in [-0.05, 0) is 53.9 Å². The van der Waals surface area contributed by atoms with Crippen molar-refractivity contribution < 1.29 is 4.79 Å². The first-order valence-corrected chi connectivity index (χ1v) is 12.1. The number of hydrogen-bond donors (Lipinski definition) is 1. The maximum Gasteiger partial charge on any atom is 0.254 e. The molecule has 178 valence electrons. The summed E-state index contributed by atoms with van der Waals surface area (Å²) in [4.78, 5) is 25.4. The SMILES string of the molecule is CC#Cc1cccc2c(C(=O)N3CCN(C(Cc4ccc(C#N)cc4)c4cnc[nH]4)CC3)cccc12. The first kappa shape index (κ1) is 23.4. The maximum absolute atomic E-state index is 13.6. The molecule has 0 saturated carbocycles. The van der Waals surface area contributed by atoms with Crippen LogP contribution < -0.4 is 0 Å². The summed E-state index contributed by atoms with van der Waals surface area (Å²) < 4.78 is 0. The van der Waals surface area contributed by atoms with Gasteiger partial charge in [0.05, 0.1) is 29.7 Å². The van der Waals surface area contributed by atoms with E-state index in [4.69, 9.17) is 5.26 Å². The van der Waals surface area contributed by atoms with Crippen molar-refractivity contribution >= 4 is 16.7 Å². The van der Waals surface area contributed by atoms with Crippen LogP contribution in [0, 0.1) is 23.2 Å². The summed E-state index contributed by atoms with van der Waals surface area (Å²) in [6, 6.07) is 21.9. The number of piperazine rings is 1. The molecule has 3 aromatic carbocycles. The van der Waals surface area contributed by atoms with Gasteiger partial charge in [-0.2, -0.15) is 5.26 Å². The first-order chi connectivity index (χ1) is 17.7. The minimum atomic E-state index is 0.0621. The predicted molar refractivity (Wildman–Crippen MR) is 140 cm³/mol. The molecule has 1 fully saturated rings. The largest absolute Gasteiger partial charge is 0.347 e. The van der Waals surface area contributed by atoms with Gasteiger partial charge >= 0.3 is 0 Å². The van der Waals surface area contributed by atoms with E-state index < -0.39 is 0 Å². The van der Waals surface area contributed by atoms with Crippen LogP contribution in [0.25, 0.3) is 10.8 Å². The Balaban J connectivity index is 1.33. The van der Waals surface area contributed by atoms with Crippen LogP contribution in [-0.4, -0.2) is 51.9 Å². The molecule has 1 aromatic heterocycles. The summed E-state index contributed by atoms with van der Waals surface area (Å²) in [6.07, 6.45) is 4.38. The number of nitrogens with one attached hydrogen (secondary N) is 1. The van der Waals surface area contributed by atoms with E-state index in [0.717, 1.165) is 52.7 Å². The number of aromatic amines is 1. The van der Waals surface area contributed by atoms with Crippen LogP contribution in [0.1, 0.15) is 45.7 Å². The number of fused-ring (bicyclic) bond motifs is 1. The average molecular weight is 474 g/mol. The molecule has 1 aliphatic heterocycles. The molecule has 6 nitrogen and oxygen atoms in total. The number of carbonyl (C=O) groups is 1. The van der Waals surface area contributed by atoms with E-state index in [1.165, 1.54) is 0 Å². The molecule has 6 heteroatoms. The van der Waals surface area contributed by atoms with Gasteiger partial charge in [0.15, 0.2) is 0 Å². The number of hydrogen-bond acceptors (Lipinski definition) is 4. The van der Waals surface area contributed by atoms with Gasteiger partial charge in [0.25, 0.3) is 5.91 Å². The van der Waals surface area contributed by atoms with Gasteiger partial charge in [-0.3, -0.25) is 9.69 Å². The first-order valence-electron chi connectivity index (χ1n) is 12.1.